The third-order valence-corrected chi connectivity index (χ3v) is 12.6. The maximum absolute atomic E-state index is 14.8. The predicted molar refractivity (Wildman–Crippen MR) is 216 cm³/mol. The number of rotatable bonds is 21. The number of Topliss-reactive ketones (excluding diaryl/α,β-unsaturated/α-hetero) is 2. The van der Waals surface area contributed by atoms with E-state index in [2.05, 4.69) is 39.0 Å². The van der Waals surface area contributed by atoms with E-state index in [1.54, 1.807) is 21.1 Å². The summed E-state index contributed by atoms with van der Waals surface area (Å²) in [6.45, 7) is 17.2. The molecule has 300 valence electrons. The van der Waals surface area contributed by atoms with Crippen molar-refractivity contribution in [3.63, 3.8) is 0 Å². The van der Waals surface area contributed by atoms with Gasteiger partial charge in [0.25, 0.3) is 0 Å². The summed E-state index contributed by atoms with van der Waals surface area (Å²) in [4.78, 5) is 26.9. The number of allylic oxidation sites excluding steroid dienone is 1. The minimum atomic E-state index is -0.955. The Balaban J connectivity index is 1.38. The van der Waals surface area contributed by atoms with Crippen LogP contribution in [0, 0.1) is 29.1 Å². The quantitative estimate of drug-likeness (QED) is 0.0922. The van der Waals surface area contributed by atoms with Gasteiger partial charge in [-0.05, 0) is 153 Å². The Labute approximate surface area is 325 Å². The normalized spacial score (nSPS) is 22.4. The van der Waals surface area contributed by atoms with Crippen LogP contribution >= 0.6 is 0 Å². The largest absolute Gasteiger partial charge is 0.491 e. The summed E-state index contributed by atoms with van der Waals surface area (Å²) in [5.74, 6) is 2.98. The highest BCUT2D eigenvalue weighted by molar-refractivity contribution is 5.89. The van der Waals surface area contributed by atoms with Gasteiger partial charge in [0, 0.05) is 32.7 Å². The van der Waals surface area contributed by atoms with Crippen molar-refractivity contribution in [1.29, 1.82) is 0 Å². The molecular formula is C46H68O8. The molecule has 0 saturated heterocycles. The molecule has 54 heavy (non-hydrogen) atoms. The summed E-state index contributed by atoms with van der Waals surface area (Å²) in [7, 11) is 3.44. The van der Waals surface area contributed by atoms with E-state index in [1.165, 1.54) is 0 Å². The Hall–Kier alpha value is -3.04. The van der Waals surface area contributed by atoms with Gasteiger partial charge < -0.3 is 28.4 Å². The van der Waals surface area contributed by atoms with Crippen LogP contribution in [-0.4, -0.2) is 76.6 Å². The van der Waals surface area contributed by atoms with Crippen LogP contribution in [0.4, 0.5) is 0 Å². The van der Waals surface area contributed by atoms with E-state index in [-0.39, 0.29) is 23.4 Å². The van der Waals surface area contributed by atoms with Crippen molar-refractivity contribution >= 4 is 23.2 Å². The molecule has 8 nitrogen and oxygen atoms in total. The SMILES string of the molecule is COCCOc1ccc(/C=C(\C)c2ccc(OCCOC(C)(C)C(C)(C(=O)C3CCC(C(C)=O)CC3)C(C)(C)OCC3CCC(COC)CC3)cc2)cc1. The monoisotopic (exact) mass is 748 g/mol. The lowest BCUT2D eigenvalue weighted by atomic mass is 9.58. The molecule has 2 saturated carbocycles. The van der Waals surface area contributed by atoms with Crippen LogP contribution in [0.25, 0.3) is 11.6 Å². The molecule has 2 aliphatic carbocycles. The molecule has 0 heterocycles. The summed E-state index contributed by atoms with van der Waals surface area (Å²) in [6, 6.07) is 16.1. The Morgan fingerprint density at radius 3 is 1.65 bits per heavy atom. The Morgan fingerprint density at radius 2 is 1.11 bits per heavy atom. The van der Waals surface area contributed by atoms with Gasteiger partial charge in [-0.3, -0.25) is 9.59 Å². The topological polar surface area (TPSA) is 89.5 Å². The maximum atomic E-state index is 14.8. The van der Waals surface area contributed by atoms with Crippen molar-refractivity contribution in [3.05, 3.63) is 59.7 Å². The Morgan fingerprint density at radius 1 is 0.611 bits per heavy atom. The lowest BCUT2D eigenvalue weighted by Crippen LogP contribution is -2.63. The molecule has 1 atom stereocenters. The van der Waals surface area contributed by atoms with E-state index in [9.17, 15) is 9.59 Å². The summed E-state index contributed by atoms with van der Waals surface area (Å²) >= 11 is 0. The van der Waals surface area contributed by atoms with E-state index in [1.807, 2.05) is 57.2 Å². The van der Waals surface area contributed by atoms with Gasteiger partial charge in [0.2, 0.25) is 0 Å². The van der Waals surface area contributed by atoms with Gasteiger partial charge in [-0.1, -0.05) is 30.3 Å². The van der Waals surface area contributed by atoms with Crippen molar-refractivity contribution in [1.82, 2.24) is 0 Å². The molecule has 0 N–H and O–H groups in total. The number of carbonyl (C=O) groups is 2. The number of hydrogen-bond donors (Lipinski definition) is 0. The molecule has 8 heteroatoms. The molecule has 2 aliphatic rings. The zero-order valence-corrected chi connectivity index (χ0v) is 34.7. The van der Waals surface area contributed by atoms with Crippen LogP contribution in [0.2, 0.25) is 0 Å². The first-order valence-electron chi connectivity index (χ1n) is 20.2. The molecular weight excluding hydrogens is 680 g/mol. The molecule has 0 spiro atoms. The molecule has 0 amide bonds. The van der Waals surface area contributed by atoms with Crippen molar-refractivity contribution in [2.45, 2.75) is 111 Å². The summed E-state index contributed by atoms with van der Waals surface area (Å²) in [5, 5.41) is 0. The van der Waals surface area contributed by atoms with Crippen molar-refractivity contribution in [2.75, 3.05) is 53.9 Å². The van der Waals surface area contributed by atoms with E-state index in [4.69, 9.17) is 28.4 Å². The van der Waals surface area contributed by atoms with E-state index in [0.29, 0.717) is 44.9 Å². The number of ether oxygens (including phenoxy) is 6. The number of methoxy groups -OCH3 is 2. The highest BCUT2D eigenvalue weighted by Crippen LogP contribution is 2.50. The highest BCUT2D eigenvalue weighted by atomic mass is 16.5. The lowest BCUT2D eigenvalue weighted by Gasteiger charge is -2.53. The number of hydrogen-bond acceptors (Lipinski definition) is 8. The van der Waals surface area contributed by atoms with Gasteiger partial charge in [-0.15, -0.1) is 0 Å². The first kappa shape index (κ1) is 43.7. The Bertz CT molecular complexity index is 1480. The number of benzene rings is 2. The first-order valence-corrected chi connectivity index (χ1v) is 20.2. The zero-order chi connectivity index (χ0) is 39.4. The highest BCUT2D eigenvalue weighted by Gasteiger charge is 2.59. The van der Waals surface area contributed by atoms with Crippen LogP contribution < -0.4 is 9.47 Å². The van der Waals surface area contributed by atoms with Gasteiger partial charge in [0.05, 0.1) is 36.4 Å². The van der Waals surface area contributed by atoms with E-state index >= 15 is 0 Å². The average Bonchev–Trinajstić information content (AvgIpc) is 3.16. The smallest absolute Gasteiger partial charge is 0.147 e. The fourth-order valence-corrected chi connectivity index (χ4v) is 8.41. The lowest BCUT2D eigenvalue weighted by molar-refractivity contribution is -0.213. The van der Waals surface area contributed by atoms with Crippen LogP contribution in [-0.2, 0) is 28.5 Å². The molecule has 1 unspecified atom stereocenters. The third kappa shape index (κ3) is 11.5. The van der Waals surface area contributed by atoms with Crippen molar-refractivity contribution in [3.8, 4) is 11.5 Å². The maximum Gasteiger partial charge on any atom is 0.147 e. The summed E-state index contributed by atoms with van der Waals surface area (Å²) in [5.41, 5.74) is 0.739. The second kappa shape index (κ2) is 20.2. The second-order valence-electron chi connectivity index (χ2n) is 16.8. The number of carbonyl (C=O) groups excluding carboxylic acids is 2. The minimum absolute atomic E-state index is 0.0533. The van der Waals surface area contributed by atoms with Crippen LogP contribution in [0.5, 0.6) is 11.5 Å². The van der Waals surface area contributed by atoms with E-state index in [0.717, 1.165) is 86.2 Å². The summed E-state index contributed by atoms with van der Waals surface area (Å²) in [6.07, 6.45) is 9.62. The molecule has 2 aromatic rings. The fraction of sp³-hybridized carbons (Fsp3) is 0.652. The molecule has 0 aliphatic heterocycles. The standard InChI is InChI=1S/C46H68O8/c1-33(30-35-14-22-41(23-15-35)51-27-26-49-8)38-20-24-42(25-21-38)52-28-29-53-44(3,4)46(7,43(48)40-18-16-39(17-19-40)34(2)47)45(5,6)54-32-37-12-10-36(11-13-37)31-50-9/h14-15,20-25,30,36-37,39-40H,10-13,16-19,26-29,31-32H2,1-9H3/b33-30+. The first-order chi connectivity index (χ1) is 25.7. The van der Waals surface area contributed by atoms with Crippen molar-refractivity contribution < 1.29 is 38.0 Å². The van der Waals surface area contributed by atoms with Gasteiger partial charge in [-0.25, -0.2) is 0 Å². The van der Waals surface area contributed by atoms with Gasteiger partial charge in [0.1, 0.15) is 36.3 Å². The van der Waals surface area contributed by atoms with Gasteiger partial charge >= 0.3 is 0 Å². The van der Waals surface area contributed by atoms with E-state index < -0.39 is 16.6 Å². The fourth-order valence-electron chi connectivity index (χ4n) is 8.41. The molecule has 0 bridgehead atoms. The van der Waals surface area contributed by atoms with Crippen LogP contribution in [0.3, 0.4) is 0 Å². The third-order valence-electron chi connectivity index (χ3n) is 12.6. The zero-order valence-electron chi connectivity index (χ0n) is 34.7. The summed E-state index contributed by atoms with van der Waals surface area (Å²) < 4.78 is 35.8. The average molecular weight is 749 g/mol. The number of ketones is 2. The molecule has 0 aromatic heterocycles. The van der Waals surface area contributed by atoms with Gasteiger partial charge in [0.15, 0.2) is 0 Å². The van der Waals surface area contributed by atoms with Crippen molar-refractivity contribution in [2.24, 2.45) is 29.1 Å². The molecule has 0 radical (unpaired) electrons. The predicted octanol–water partition coefficient (Wildman–Crippen LogP) is 9.67. The van der Waals surface area contributed by atoms with Crippen LogP contribution in [0.1, 0.15) is 111 Å². The second-order valence-corrected chi connectivity index (χ2v) is 16.8. The van der Waals surface area contributed by atoms with Crippen LogP contribution in [0.15, 0.2) is 48.5 Å². The Kier molecular flexibility index (Phi) is 16.4. The molecule has 2 aromatic carbocycles. The van der Waals surface area contributed by atoms with Gasteiger partial charge in [-0.2, -0.15) is 0 Å². The molecule has 2 fully saturated rings. The minimum Gasteiger partial charge on any atom is -0.491 e. The molecule has 4 rings (SSSR count).